The summed E-state index contributed by atoms with van der Waals surface area (Å²) in [5.74, 6) is 0.360. The van der Waals surface area contributed by atoms with Gasteiger partial charge in [-0.05, 0) is 61.9 Å². The molecule has 0 fully saturated rings. The van der Waals surface area contributed by atoms with Crippen molar-refractivity contribution in [3.8, 4) is 11.5 Å². The topological polar surface area (TPSA) is 147 Å². The number of amides is 1. The van der Waals surface area contributed by atoms with Gasteiger partial charge < -0.3 is 14.6 Å². The molecule has 2 N–H and O–H groups in total. The fourth-order valence-electron chi connectivity index (χ4n) is 3.81. The lowest BCUT2D eigenvalue weighted by molar-refractivity contribution is -0.128. The molecule has 2 heterocycles. The van der Waals surface area contributed by atoms with E-state index in [1.165, 1.54) is 30.7 Å². The highest BCUT2D eigenvalue weighted by molar-refractivity contribution is 7.77. The van der Waals surface area contributed by atoms with Crippen LogP contribution in [-0.2, 0) is 29.2 Å². The fraction of sp³-hybridized carbons (Fsp3) is 0.185. The molecule has 0 saturated heterocycles. The summed E-state index contributed by atoms with van der Waals surface area (Å²) in [5, 5.41) is 3.91. The summed E-state index contributed by atoms with van der Waals surface area (Å²) in [4.78, 5) is 43.1. The number of pyridine rings is 1. The van der Waals surface area contributed by atoms with Crippen molar-refractivity contribution < 1.29 is 18.3 Å². The van der Waals surface area contributed by atoms with Crippen LogP contribution in [0.3, 0.4) is 0 Å². The highest BCUT2D eigenvalue weighted by atomic mass is 35.5. The number of benzene rings is 2. The van der Waals surface area contributed by atoms with Gasteiger partial charge in [0, 0.05) is 46.9 Å². The third kappa shape index (κ3) is 7.82. The summed E-state index contributed by atoms with van der Waals surface area (Å²) >= 11 is 9.08. The Labute approximate surface area is 247 Å². The number of ether oxygens (including phenoxy) is 1. The molecule has 0 spiro atoms. The van der Waals surface area contributed by atoms with E-state index in [2.05, 4.69) is 10.3 Å². The first-order valence-corrected chi connectivity index (χ1v) is 13.9. The standard InChI is InChI=1S/C27H25Cl2N5O6S/c1-27(2,25(36)32-41(38)39)16-34-24(35)14-23(33(26(34)37)15-17-3-5-18(28)6-4-17)31-19-7-9-20(10-8-19)40-21-11-12-30-22(29)13-21/h3-14,31H,15-16H2,1-2H3,(H,32,36)(H,38,39)/p-1. The number of rotatable bonds is 10. The summed E-state index contributed by atoms with van der Waals surface area (Å²) in [7, 11) is 0. The molecule has 11 nitrogen and oxygen atoms in total. The second-order valence-corrected chi connectivity index (χ2v) is 11.1. The lowest BCUT2D eigenvalue weighted by atomic mass is 9.92. The Morgan fingerprint density at radius 1 is 1.00 bits per heavy atom. The zero-order chi connectivity index (χ0) is 29.7. The number of nitrogens with one attached hydrogen (secondary N) is 2. The van der Waals surface area contributed by atoms with Crippen molar-refractivity contribution in [2.24, 2.45) is 5.41 Å². The van der Waals surface area contributed by atoms with E-state index in [0.29, 0.717) is 27.4 Å². The van der Waals surface area contributed by atoms with Crippen molar-refractivity contribution in [2.75, 3.05) is 5.32 Å². The monoisotopic (exact) mass is 616 g/mol. The summed E-state index contributed by atoms with van der Waals surface area (Å²) in [6.45, 7) is 2.57. The third-order valence-electron chi connectivity index (χ3n) is 5.94. The minimum atomic E-state index is -2.84. The van der Waals surface area contributed by atoms with Crippen LogP contribution in [-0.4, -0.2) is 28.8 Å². The molecule has 14 heteroatoms. The molecule has 0 radical (unpaired) electrons. The zero-order valence-electron chi connectivity index (χ0n) is 21.8. The molecule has 4 aromatic rings. The van der Waals surface area contributed by atoms with E-state index in [1.807, 2.05) is 0 Å². The molecule has 0 bridgehead atoms. The van der Waals surface area contributed by atoms with Gasteiger partial charge in [-0.2, -0.15) is 0 Å². The number of aromatic nitrogens is 3. The van der Waals surface area contributed by atoms with E-state index in [0.717, 1.165) is 10.1 Å². The number of carbonyl (C=O) groups is 1. The molecule has 0 aliphatic heterocycles. The van der Waals surface area contributed by atoms with Gasteiger partial charge in [-0.25, -0.2) is 9.78 Å². The van der Waals surface area contributed by atoms with Crippen molar-refractivity contribution in [1.29, 1.82) is 0 Å². The second kappa shape index (κ2) is 12.7. The van der Waals surface area contributed by atoms with E-state index in [-0.39, 0.29) is 18.9 Å². The van der Waals surface area contributed by atoms with Crippen LogP contribution >= 0.6 is 23.2 Å². The lowest BCUT2D eigenvalue weighted by Crippen LogP contribution is -2.47. The van der Waals surface area contributed by atoms with Crippen molar-refractivity contribution in [2.45, 2.75) is 26.9 Å². The van der Waals surface area contributed by atoms with E-state index < -0.39 is 33.8 Å². The number of anilines is 2. The SMILES string of the molecule is CC(C)(Cn1c(=O)cc(Nc2ccc(Oc3ccnc(Cl)c3)cc2)n(Cc2ccc(Cl)cc2)c1=O)C(=O)NS(=O)[O-]. The lowest BCUT2D eigenvalue weighted by Gasteiger charge is -2.25. The number of carbonyl (C=O) groups excluding carboxylic acids is 1. The van der Waals surface area contributed by atoms with E-state index >= 15 is 0 Å². The van der Waals surface area contributed by atoms with Crippen LogP contribution in [0.15, 0.2) is 82.5 Å². The molecule has 41 heavy (non-hydrogen) atoms. The third-order valence-corrected chi connectivity index (χ3v) is 6.75. The van der Waals surface area contributed by atoms with Crippen molar-refractivity contribution >= 4 is 51.9 Å². The Balaban J connectivity index is 1.67. The first-order valence-electron chi connectivity index (χ1n) is 12.1. The van der Waals surface area contributed by atoms with Crippen LogP contribution in [0.5, 0.6) is 11.5 Å². The van der Waals surface area contributed by atoms with Gasteiger partial charge in [0.1, 0.15) is 22.5 Å². The molecule has 2 aromatic carbocycles. The molecular weight excluding hydrogens is 593 g/mol. The van der Waals surface area contributed by atoms with Crippen LogP contribution < -0.4 is 26.0 Å². The van der Waals surface area contributed by atoms with E-state index in [9.17, 15) is 23.1 Å². The maximum atomic E-state index is 13.6. The molecular formula is C27H24Cl2N5O6S-. The predicted octanol–water partition coefficient (Wildman–Crippen LogP) is 4.23. The van der Waals surface area contributed by atoms with Gasteiger partial charge >= 0.3 is 5.69 Å². The van der Waals surface area contributed by atoms with Crippen molar-refractivity contribution in [3.05, 3.63) is 110 Å². The normalized spacial score (nSPS) is 12.0. The Kier molecular flexibility index (Phi) is 9.28. The van der Waals surface area contributed by atoms with Crippen molar-refractivity contribution in [3.63, 3.8) is 0 Å². The van der Waals surface area contributed by atoms with Gasteiger partial charge in [-0.3, -0.25) is 27.7 Å². The van der Waals surface area contributed by atoms with Crippen LogP contribution in [0.25, 0.3) is 0 Å². The Morgan fingerprint density at radius 2 is 1.68 bits per heavy atom. The molecule has 1 atom stereocenters. The predicted molar refractivity (Wildman–Crippen MR) is 155 cm³/mol. The fourth-order valence-corrected chi connectivity index (χ4v) is 4.53. The molecule has 0 aliphatic carbocycles. The van der Waals surface area contributed by atoms with Crippen LogP contribution in [0.1, 0.15) is 19.4 Å². The summed E-state index contributed by atoms with van der Waals surface area (Å²) in [6, 6.07) is 18.1. The van der Waals surface area contributed by atoms with Crippen LogP contribution in [0.2, 0.25) is 10.2 Å². The minimum Gasteiger partial charge on any atom is -0.755 e. The summed E-state index contributed by atoms with van der Waals surface area (Å²) in [6.07, 6.45) is 1.52. The molecule has 0 saturated carbocycles. The largest absolute Gasteiger partial charge is 0.755 e. The Morgan fingerprint density at radius 3 is 2.32 bits per heavy atom. The van der Waals surface area contributed by atoms with Gasteiger partial charge in [0.15, 0.2) is 0 Å². The average Bonchev–Trinajstić information content (AvgIpc) is 2.90. The average molecular weight is 617 g/mol. The van der Waals surface area contributed by atoms with Gasteiger partial charge in [-0.1, -0.05) is 35.3 Å². The highest BCUT2D eigenvalue weighted by Crippen LogP contribution is 2.26. The number of hydrogen-bond acceptors (Lipinski definition) is 8. The first-order chi connectivity index (χ1) is 19.4. The zero-order valence-corrected chi connectivity index (χ0v) is 24.1. The summed E-state index contributed by atoms with van der Waals surface area (Å²) in [5.41, 5.74) is -1.49. The van der Waals surface area contributed by atoms with E-state index in [1.54, 1.807) is 65.4 Å². The highest BCUT2D eigenvalue weighted by Gasteiger charge is 2.30. The quantitative estimate of drug-likeness (QED) is 0.199. The maximum Gasteiger partial charge on any atom is 0.332 e. The van der Waals surface area contributed by atoms with E-state index in [4.69, 9.17) is 27.9 Å². The second-order valence-electron chi connectivity index (χ2n) is 9.56. The van der Waals surface area contributed by atoms with Gasteiger partial charge in [0.25, 0.3) is 5.56 Å². The molecule has 1 unspecified atom stereocenters. The summed E-state index contributed by atoms with van der Waals surface area (Å²) < 4.78 is 31.7. The maximum absolute atomic E-state index is 13.6. The number of hydrogen-bond donors (Lipinski definition) is 2. The van der Waals surface area contributed by atoms with Gasteiger partial charge in [0.05, 0.1) is 12.0 Å². The Bertz CT molecular complexity index is 1710. The molecule has 1 amide bonds. The minimum absolute atomic E-state index is 0.0693. The number of nitrogens with zero attached hydrogens (tertiary/aromatic N) is 3. The van der Waals surface area contributed by atoms with Crippen LogP contribution in [0, 0.1) is 5.41 Å². The van der Waals surface area contributed by atoms with Gasteiger partial charge in [0.2, 0.25) is 5.91 Å². The molecule has 4 rings (SSSR count). The van der Waals surface area contributed by atoms with Crippen LogP contribution in [0.4, 0.5) is 11.5 Å². The Hall–Kier alpha value is -3.97. The van der Waals surface area contributed by atoms with Crippen molar-refractivity contribution in [1.82, 2.24) is 18.8 Å². The van der Waals surface area contributed by atoms with Gasteiger partial charge in [-0.15, -0.1) is 0 Å². The molecule has 2 aromatic heterocycles. The molecule has 214 valence electrons. The molecule has 0 aliphatic rings. The number of halogens is 2. The smallest absolute Gasteiger partial charge is 0.332 e. The first kappa shape index (κ1) is 30.0.